The molecule has 0 amide bonds. The smallest absolute Gasteiger partial charge is 0 e. The molecule has 0 rings (SSSR count). The van der Waals surface area contributed by atoms with Gasteiger partial charge in [-0.15, -0.1) is 0 Å². The molecular weight excluding hydrogens is 277 g/mol. The van der Waals surface area contributed by atoms with E-state index in [1.54, 1.807) is 0 Å². The van der Waals surface area contributed by atoms with Crippen LogP contribution in [0.15, 0.2) is 0 Å². The molecule has 14 heavy (non-hydrogen) atoms. The number of hydrogen-bond donors (Lipinski definition) is 0. The minimum Gasteiger partial charge on any atom is 0 e. The molecule has 0 saturated heterocycles. The summed E-state index contributed by atoms with van der Waals surface area (Å²) in [5, 5.41) is 51.5. The quantitative estimate of drug-likeness (QED) is 0.574. The summed E-state index contributed by atoms with van der Waals surface area (Å²) in [5.74, 6) is 0. The molecule has 8 heteroatoms. The van der Waals surface area contributed by atoms with Crippen LogP contribution in [0.1, 0.15) is 0 Å². The minimum atomic E-state index is -6.17. The average Bonchev–Trinajstić information content (AvgIpc) is 2.26. The van der Waals surface area contributed by atoms with Crippen molar-refractivity contribution in [2.75, 3.05) is 0 Å². The summed E-state index contributed by atoms with van der Waals surface area (Å²) in [6, 6.07) is 0. The molecule has 0 aliphatic carbocycles. The van der Waals surface area contributed by atoms with Gasteiger partial charge in [-0.3, -0.25) is 0 Å². The fourth-order valence-corrected chi connectivity index (χ4v) is 1.09. The largest absolute Gasteiger partial charge is 0 e. The van der Waals surface area contributed by atoms with Crippen LogP contribution in [-0.4, -0.2) is 0 Å². The van der Waals surface area contributed by atoms with Gasteiger partial charge in [-0.05, 0) is 0 Å². The van der Waals surface area contributed by atoms with Crippen molar-refractivity contribution in [3.8, 4) is 29.8 Å². The summed E-state index contributed by atoms with van der Waals surface area (Å²) in [4.78, 5) is 6.19. The maximum atomic E-state index is 8.58. The van der Waals surface area contributed by atoms with Gasteiger partial charge in [0.05, 0.1) is 0 Å². The molecule has 0 unspecified atom stereocenters. The number of hydrogen-bond acceptors (Lipinski definition) is 6. The van der Waals surface area contributed by atoms with Gasteiger partial charge in [-0.2, -0.15) is 0 Å². The first kappa shape index (κ1) is 14.6. The van der Waals surface area contributed by atoms with E-state index < -0.39 is 10.7 Å². The molecule has 0 aromatic carbocycles. The zero-order valence-electron chi connectivity index (χ0n) is 6.74. The Morgan fingerprint density at radius 1 is 0.500 bits per heavy atom. The third-order valence-electron chi connectivity index (χ3n) is 1.19. The van der Waals surface area contributed by atoms with E-state index in [9.17, 15) is 0 Å². The topological polar surface area (TPSA) is 143 Å². The van der Waals surface area contributed by atoms with Crippen LogP contribution < -0.4 is 0 Å². The Labute approximate surface area is 91.5 Å². The molecule has 0 heterocycles. The van der Waals surface area contributed by atoms with Gasteiger partial charge in [0.2, 0.25) is 0 Å². The van der Waals surface area contributed by atoms with Crippen molar-refractivity contribution in [2.24, 2.45) is 0 Å². The fourth-order valence-electron chi connectivity index (χ4n) is 0.265. The van der Waals surface area contributed by atoms with Crippen LogP contribution in [0.3, 0.4) is 0 Å². The molecule has 0 saturated carbocycles. The Balaban J connectivity index is 0. The Hall–Kier alpha value is -1.92. The molecule has 0 spiro atoms. The monoisotopic (exact) mass is 276 g/mol. The molecular formula is C6FeN6Zn. The van der Waals surface area contributed by atoms with Crippen molar-refractivity contribution in [2.45, 2.75) is 0 Å². The van der Waals surface area contributed by atoms with Gasteiger partial charge in [0.1, 0.15) is 0 Å². The molecule has 0 aromatic heterocycles. The second-order valence-corrected chi connectivity index (χ2v) is 7.42. The molecule has 6 nitrogen and oxygen atoms in total. The SMILES string of the molecule is N#[C][Fe]([C]#N)([C]#N)([C]#N)([C]#N)[C]#N.[Zn]. The van der Waals surface area contributed by atoms with E-state index in [0.29, 0.717) is 0 Å². The molecule has 0 fully saturated rings. The third kappa shape index (κ3) is 1.05. The van der Waals surface area contributed by atoms with Crippen molar-refractivity contribution in [3.05, 3.63) is 0 Å². The predicted molar refractivity (Wildman–Crippen MR) is 33.7 cm³/mol. The Bertz CT molecular complexity index is 392. The molecule has 0 N–H and O–H groups in total. The van der Waals surface area contributed by atoms with E-state index in [1.165, 1.54) is 0 Å². The summed E-state index contributed by atoms with van der Waals surface area (Å²) in [6.07, 6.45) is 0. The van der Waals surface area contributed by atoms with Gasteiger partial charge < -0.3 is 0 Å². The number of nitriles is 6. The van der Waals surface area contributed by atoms with Crippen molar-refractivity contribution in [1.82, 2.24) is 0 Å². The normalized spacial score (nSPS) is 12.4. The van der Waals surface area contributed by atoms with Crippen molar-refractivity contribution < 1.29 is 30.2 Å². The van der Waals surface area contributed by atoms with Crippen LogP contribution in [0, 0.1) is 61.4 Å². The molecule has 64 valence electrons. The zero-order chi connectivity index (χ0) is 10.7. The molecule has 0 bridgehead atoms. The van der Waals surface area contributed by atoms with E-state index in [1.807, 2.05) is 0 Å². The van der Waals surface area contributed by atoms with E-state index in [0.717, 1.165) is 29.8 Å². The predicted octanol–water partition coefficient (Wildman–Crippen LogP) is 0.0957. The molecule has 0 aromatic rings. The standard InChI is InChI=1S/6CN.Fe.Zn/c6*1-2;;. The van der Waals surface area contributed by atoms with Crippen molar-refractivity contribution in [3.63, 3.8) is 0 Å². The summed E-state index contributed by atoms with van der Waals surface area (Å²) < 4.78 is 0. The zero-order valence-corrected chi connectivity index (χ0v) is 10.8. The third-order valence-corrected chi connectivity index (χ3v) is 4.89. The van der Waals surface area contributed by atoms with Crippen LogP contribution in [0.4, 0.5) is 0 Å². The second-order valence-electron chi connectivity index (χ2n) is 1.80. The average molecular weight is 277 g/mol. The van der Waals surface area contributed by atoms with Gasteiger partial charge in [0.25, 0.3) is 0 Å². The Morgan fingerprint density at radius 2 is 0.643 bits per heavy atom. The Kier molecular flexibility index (Phi) is 3.23. The fraction of sp³-hybridized carbons (Fsp3) is 0. The second kappa shape index (κ2) is 3.09. The summed E-state index contributed by atoms with van der Waals surface area (Å²) >= 11 is 0. The van der Waals surface area contributed by atoms with Crippen LogP contribution in [0.25, 0.3) is 0 Å². The summed E-state index contributed by atoms with van der Waals surface area (Å²) in [7, 11) is -6.17. The summed E-state index contributed by atoms with van der Waals surface area (Å²) in [5.41, 5.74) is 0. The molecule has 0 aliphatic rings. The minimum absolute atomic E-state index is 0. The summed E-state index contributed by atoms with van der Waals surface area (Å²) in [6.45, 7) is 0. The maximum absolute atomic E-state index is 8.58. The number of rotatable bonds is 0. The molecule has 0 atom stereocenters. The maximum Gasteiger partial charge on any atom is 0 e. The first-order valence-corrected chi connectivity index (χ1v) is 5.71. The van der Waals surface area contributed by atoms with Gasteiger partial charge in [-0.25, -0.2) is 0 Å². The van der Waals surface area contributed by atoms with E-state index in [4.69, 9.17) is 31.6 Å². The van der Waals surface area contributed by atoms with Crippen LogP contribution in [0.5, 0.6) is 0 Å². The van der Waals surface area contributed by atoms with Crippen molar-refractivity contribution >= 4 is 0 Å². The first-order valence-electron chi connectivity index (χ1n) is 2.40. The van der Waals surface area contributed by atoms with E-state index in [2.05, 4.69) is 0 Å². The van der Waals surface area contributed by atoms with Gasteiger partial charge in [-0.1, -0.05) is 0 Å². The van der Waals surface area contributed by atoms with Crippen LogP contribution in [-0.2, 0) is 30.2 Å². The Morgan fingerprint density at radius 3 is 0.643 bits per heavy atom. The van der Waals surface area contributed by atoms with E-state index in [-0.39, 0.29) is 19.5 Å². The van der Waals surface area contributed by atoms with Crippen molar-refractivity contribution in [1.29, 1.82) is 31.6 Å². The van der Waals surface area contributed by atoms with Gasteiger partial charge in [0.15, 0.2) is 0 Å². The van der Waals surface area contributed by atoms with Gasteiger partial charge in [0, 0.05) is 19.5 Å². The van der Waals surface area contributed by atoms with Crippen LogP contribution in [0.2, 0.25) is 0 Å². The first-order chi connectivity index (χ1) is 5.97. The molecule has 0 radical (unpaired) electrons. The molecule has 0 aliphatic heterocycles. The number of nitrogens with zero attached hydrogens (tertiary/aromatic N) is 6. The van der Waals surface area contributed by atoms with E-state index >= 15 is 0 Å². The van der Waals surface area contributed by atoms with Gasteiger partial charge >= 0.3 is 72.1 Å². The van der Waals surface area contributed by atoms with Crippen LogP contribution >= 0.6 is 0 Å².